The molecule has 0 fully saturated rings. The molecule has 88 valence electrons. The Labute approximate surface area is 102 Å². The molecule has 0 spiro atoms. The molecular weight excluding hydrogens is 242 g/mol. The molecule has 2 aromatic rings. The molecule has 5 nitrogen and oxygen atoms in total. The zero-order valence-corrected chi connectivity index (χ0v) is 9.94. The minimum absolute atomic E-state index is 0.158. The standard InChI is InChI=1S/C11H10ClN3O2/c1-14-4-5-17-11-13-9-3-2-7(12)6-8(9)10(16)15(11)14/h2-3,6H,4-5H2,1H3. The van der Waals surface area contributed by atoms with Crippen LogP contribution in [0.15, 0.2) is 23.0 Å². The van der Waals surface area contributed by atoms with Crippen LogP contribution >= 0.6 is 11.6 Å². The highest BCUT2D eigenvalue weighted by Gasteiger charge is 2.19. The van der Waals surface area contributed by atoms with Crippen LogP contribution in [0, 0.1) is 0 Å². The van der Waals surface area contributed by atoms with Gasteiger partial charge in [0.2, 0.25) is 0 Å². The lowest BCUT2D eigenvalue weighted by Gasteiger charge is -2.28. The molecule has 0 atom stereocenters. The predicted octanol–water partition coefficient (Wildman–Crippen LogP) is 1.01. The molecule has 1 aromatic carbocycles. The predicted molar refractivity (Wildman–Crippen MR) is 65.5 cm³/mol. The Balaban J connectivity index is 2.40. The third-order valence-corrected chi connectivity index (χ3v) is 3.00. The monoisotopic (exact) mass is 251 g/mol. The highest BCUT2D eigenvalue weighted by molar-refractivity contribution is 6.31. The van der Waals surface area contributed by atoms with Crippen molar-refractivity contribution in [2.24, 2.45) is 0 Å². The number of likely N-dealkylation sites (N-methyl/N-ethyl adjacent to an activating group) is 1. The molecular formula is C11H10ClN3O2. The van der Waals surface area contributed by atoms with Gasteiger partial charge in [0.25, 0.3) is 5.56 Å². The first-order valence-corrected chi connectivity index (χ1v) is 5.61. The van der Waals surface area contributed by atoms with Gasteiger partial charge in [0, 0.05) is 12.1 Å². The number of ether oxygens (including phenoxy) is 1. The number of fused-ring (bicyclic) bond motifs is 2. The summed E-state index contributed by atoms with van der Waals surface area (Å²) >= 11 is 5.89. The van der Waals surface area contributed by atoms with Crippen molar-refractivity contribution in [3.63, 3.8) is 0 Å². The maximum absolute atomic E-state index is 12.3. The third-order valence-electron chi connectivity index (χ3n) is 2.77. The molecule has 0 saturated carbocycles. The lowest BCUT2D eigenvalue weighted by atomic mass is 10.2. The van der Waals surface area contributed by atoms with Crippen LogP contribution in [0.5, 0.6) is 6.01 Å². The van der Waals surface area contributed by atoms with Gasteiger partial charge >= 0.3 is 6.01 Å². The van der Waals surface area contributed by atoms with E-state index in [0.717, 1.165) is 0 Å². The molecule has 0 amide bonds. The minimum atomic E-state index is -0.158. The Morgan fingerprint density at radius 3 is 3.12 bits per heavy atom. The van der Waals surface area contributed by atoms with Crippen molar-refractivity contribution in [1.82, 2.24) is 9.66 Å². The highest BCUT2D eigenvalue weighted by atomic mass is 35.5. The van der Waals surface area contributed by atoms with Crippen LogP contribution in [0.25, 0.3) is 10.9 Å². The Kier molecular flexibility index (Phi) is 2.22. The third kappa shape index (κ3) is 1.54. The summed E-state index contributed by atoms with van der Waals surface area (Å²) in [6.45, 7) is 1.18. The first-order valence-electron chi connectivity index (χ1n) is 5.23. The van der Waals surface area contributed by atoms with E-state index in [2.05, 4.69) is 4.98 Å². The SMILES string of the molecule is CN1CCOc2nc3ccc(Cl)cc3c(=O)n21. The van der Waals surface area contributed by atoms with Crippen LogP contribution in [-0.4, -0.2) is 29.9 Å². The zero-order valence-electron chi connectivity index (χ0n) is 9.18. The van der Waals surface area contributed by atoms with Crippen LogP contribution in [0.1, 0.15) is 0 Å². The van der Waals surface area contributed by atoms with E-state index >= 15 is 0 Å². The summed E-state index contributed by atoms with van der Waals surface area (Å²) in [7, 11) is 1.82. The van der Waals surface area contributed by atoms with Gasteiger partial charge in [0.15, 0.2) is 0 Å². The number of halogens is 1. The molecule has 3 rings (SSSR count). The van der Waals surface area contributed by atoms with E-state index in [0.29, 0.717) is 35.1 Å². The number of rotatable bonds is 0. The Hall–Kier alpha value is -1.75. The second-order valence-electron chi connectivity index (χ2n) is 3.90. The average Bonchev–Trinajstić information content (AvgIpc) is 2.30. The first-order chi connectivity index (χ1) is 8.16. The van der Waals surface area contributed by atoms with E-state index in [1.165, 1.54) is 4.68 Å². The van der Waals surface area contributed by atoms with Gasteiger partial charge in [0.1, 0.15) is 6.61 Å². The summed E-state index contributed by atoms with van der Waals surface area (Å²) in [6.07, 6.45) is 0. The van der Waals surface area contributed by atoms with Crippen LogP contribution in [0.4, 0.5) is 0 Å². The van der Waals surface area contributed by atoms with E-state index in [1.54, 1.807) is 23.2 Å². The average molecular weight is 252 g/mol. The lowest BCUT2D eigenvalue weighted by Crippen LogP contribution is -2.46. The van der Waals surface area contributed by atoms with E-state index in [4.69, 9.17) is 16.3 Å². The largest absolute Gasteiger partial charge is 0.461 e. The number of benzene rings is 1. The fraction of sp³-hybridized carbons (Fsp3) is 0.273. The Morgan fingerprint density at radius 2 is 2.29 bits per heavy atom. The molecule has 1 aliphatic heterocycles. The van der Waals surface area contributed by atoms with Crippen molar-refractivity contribution in [2.45, 2.75) is 0 Å². The van der Waals surface area contributed by atoms with E-state index in [-0.39, 0.29) is 5.56 Å². The van der Waals surface area contributed by atoms with Gasteiger partial charge in [-0.25, -0.2) is 0 Å². The summed E-state index contributed by atoms with van der Waals surface area (Å²) in [5.74, 6) is 0. The molecule has 0 aliphatic carbocycles. The van der Waals surface area contributed by atoms with E-state index < -0.39 is 0 Å². The maximum Gasteiger partial charge on any atom is 0.319 e. The normalized spacial score (nSPS) is 14.6. The second kappa shape index (κ2) is 3.63. The van der Waals surface area contributed by atoms with Gasteiger partial charge < -0.3 is 9.75 Å². The highest BCUT2D eigenvalue weighted by Crippen LogP contribution is 2.18. The van der Waals surface area contributed by atoms with E-state index in [1.807, 2.05) is 7.05 Å². The van der Waals surface area contributed by atoms with Crippen LogP contribution < -0.4 is 15.3 Å². The molecule has 1 aromatic heterocycles. The van der Waals surface area contributed by atoms with Crippen molar-refractivity contribution in [3.05, 3.63) is 33.6 Å². The van der Waals surface area contributed by atoms with Gasteiger partial charge in [-0.2, -0.15) is 9.66 Å². The van der Waals surface area contributed by atoms with Crippen LogP contribution in [0.2, 0.25) is 5.02 Å². The van der Waals surface area contributed by atoms with E-state index in [9.17, 15) is 4.79 Å². The van der Waals surface area contributed by atoms with Crippen molar-refractivity contribution >= 4 is 22.5 Å². The van der Waals surface area contributed by atoms with Crippen molar-refractivity contribution in [1.29, 1.82) is 0 Å². The first kappa shape index (κ1) is 10.4. The van der Waals surface area contributed by atoms with Crippen LogP contribution in [0.3, 0.4) is 0 Å². The smallest absolute Gasteiger partial charge is 0.319 e. The van der Waals surface area contributed by atoms with Gasteiger partial charge in [-0.1, -0.05) is 11.6 Å². The van der Waals surface area contributed by atoms with Crippen molar-refractivity contribution in [2.75, 3.05) is 25.2 Å². The summed E-state index contributed by atoms with van der Waals surface area (Å²) in [6, 6.07) is 5.39. The molecule has 2 heterocycles. The number of hydrogen-bond donors (Lipinski definition) is 0. The molecule has 17 heavy (non-hydrogen) atoms. The zero-order chi connectivity index (χ0) is 12.0. The van der Waals surface area contributed by atoms with Crippen molar-refractivity contribution < 1.29 is 4.74 Å². The van der Waals surface area contributed by atoms with Gasteiger partial charge in [-0.15, -0.1) is 0 Å². The molecule has 6 heteroatoms. The summed E-state index contributed by atoms with van der Waals surface area (Å²) in [4.78, 5) is 16.6. The fourth-order valence-electron chi connectivity index (χ4n) is 1.89. The van der Waals surface area contributed by atoms with Gasteiger partial charge in [-0.3, -0.25) is 4.79 Å². The Bertz CT molecular complexity index is 653. The fourth-order valence-corrected chi connectivity index (χ4v) is 2.06. The minimum Gasteiger partial charge on any atom is -0.461 e. The number of hydrogen-bond acceptors (Lipinski definition) is 4. The van der Waals surface area contributed by atoms with Crippen LogP contribution in [-0.2, 0) is 0 Å². The van der Waals surface area contributed by atoms with Gasteiger partial charge in [0.05, 0.1) is 17.4 Å². The topological polar surface area (TPSA) is 47.4 Å². The number of aromatic nitrogens is 2. The quantitative estimate of drug-likeness (QED) is 0.701. The summed E-state index contributed by atoms with van der Waals surface area (Å²) < 4.78 is 6.82. The lowest BCUT2D eigenvalue weighted by molar-refractivity contribution is 0.238. The Morgan fingerprint density at radius 1 is 1.47 bits per heavy atom. The maximum atomic E-state index is 12.3. The summed E-state index contributed by atoms with van der Waals surface area (Å²) in [5, 5.41) is 2.81. The number of nitrogens with zero attached hydrogens (tertiary/aromatic N) is 3. The molecule has 0 bridgehead atoms. The second-order valence-corrected chi connectivity index (χ2v) is 4.34. The van der Waals surface area contributed by atoms with Crippen molar-refractivity contribution in [3.8, 4) is 6.01 Å². The summed E-state index contributed by atoms with van der Waals surface area (Å²) in [5.41, 5.74) is 0.440. The molecule has 0 N–H and O–H groups in total. The molecule has 0 saturated heterocycles. The van der Waals surface area contributed by atoms with Gasteiger partial charge in [-0.05, 0) is 18.2 Å². The molecule has 0 radical (unpaired) electrons. The molecule has 1 aliphatic rings. The molecule has 0 unspecified atom stereocenters.